The molecule has 6 aliphatic rings. The van der Waals surface area contributed by atoms with E-state index in [4.69, 9.17) is 39.7 Å². The van der Waals surface area contributed by atoms with Crippen molar-refractivity contribution < 1.29 is 0 Å². The number of fused-ring (bicyclic) bond motifs is 7. The third kappa shape index (κ3) is 8.48. The molecule has 5 heterocycles. The normalized spacial score (nSPS) is 22.3. The van der Waals surface area contributed by atoms with Crippen molar-refractivity contribution in [2.24, 2.45) is 15.3 Å². The minimum absolute atomic E-state index is 0.0948. The van der Waals surface area contributed by atoms with Crippen LogP contribution in [0.25, 0.3) is 6.08 Å². The van der Waals surface area contributed by atoms with E-state index in [1.165, 1.54) is 77.9 Å². The number of tetrazole rings is 1. The average Bonchev–Trinajstić information content (AvgIpc) is 4.27. The highest BCUT2D eigenvalue weighted by molar-refractivity contribution is 7.81. The van der Waals surface area contributed by atoms with Crippen LogP contribution in [0, 0.1) is 13.8 Å². The zero-order valence-electron chi connectivity index (χ0n) is 41.4. The standard InChI is InChI=1S/C27H29N9S.C25H27N9S/c1-16-10-21-25(18-6-4-7-19(11-18)33-35-12-29-30-13-35)24(17(2)28-3)27(37)26(21)20-8-5-9-22(23(16)20)34-36-14-31-32-15-36;1-14-10-18-23(16-6-5-9-34-20(11-16)29-31-32-34)22(15(2)26-3)25(35)24(18)17-7-4-8-19(21(14)17)30-33-12-27-28-13-33/h10-15,25,28H,4-9H2,1-3H3;10-13,23,26H,4-9H2,1-3H3/b24-17-,33-19+,34-22+;22-15-,30-19+. The first-order valence-electron chi connectivity index (χ1n) is 24.8. The lowest BCUT2D eigenvalue weighted by molar-refractivity contribution is 0.558. The minimum atomic E-state index is 0.0948. The van der Waals surface area contributed by atoms with Gasteiger partial charge in [-0.2, -0.15) is 15.3 Å². The van der Waals surface area contributed by atoms with Crippen LogP contribution in [-0.2, 0) is 19.4 Å². The summed E-state index contributed by atoms with van der Waals surface area (Å²) in [6.45, 7) is 9.48. The number of allylic oxidation sites excluding steroid dienone is 7. The summed E-state index contributed by atoms with van der Waals surface area (Å²) in [5.41, 5.74) is 23.2. The van der Waals surface area contributed by atoms with E-state index < -0.39 is 0 Å². The molecule has 2 aromatic carbocycles. The van der Waals surface area contributed by atoms with Crippen molar-refractivity contribution in [1.29, 1.82) is 0 Å². The van der Waals surface area contributed by atoms with E-state index in [1.54, 1.807) is 52.0 Å². The van der Waals surface area contributed by atoms with E-state index >= 15 is 0 Å². The van der Waals surface area contributed by atoms with Gasteiger partial charge in [-0.3, -0.25) is 0 Å². The first-order chi connectivity index (χ1) is 35.1. The molecule has 5 aliphatic carbocycles. The predicted octanol–water partition coefficient (Wildman–Crippen LogP) is 7.44. The first kappa shape index (κ1) is 47.0. The van der Waals surface area contributed by atoms with Crippen LogP contribution in [-0.4, -0.2) is 106 Å². The van der Waals surface area contributed by atoms with Gasteiger partial charge < -0.3 is 10.6 Å². The van der Waals surface area contributed by atoms with E-state index in [0.29, 0.717) is 0 Å². The summed E-state index contributed by atoms with van der Waals surface area (Å²) in [4.78, 5) is 1.90. The molecule has 2 N–H and O–H groups in total. The van der Waals surface area contributed by atoms with Crippen LogP contribution in [0.1, 0.15) is 145 Å². The fourth-order valence-corrected chi connectivity index (χ4v) is 12.8. The van der Waals surface area contributed by atoms with E-state index in [1.807, 2.05) is 18.8 Å². The Balaban J connectivity index is 0.000000156. The van der Waals surface area contributed by atoms with Gasteiger partial charge in [0.15, 0.2) is 5.82 Å². The number of nitrogens with zero attached hydrogens (tertiary/aromatic N) is 16. The lowest BCUT2D eigenvalue weighted by Crippen LogP contribution is -2.18. The maximum atomic E-state index is 6.25. The van der Waals surface area contributed by atoms with Crippen molar-refractivity contribution in [3.8, 4) is 0 Å². The molecule has 0 saturated carbocycles. The highest BCUT2D eigenvalue weighted by Gasteiger charge is 2.42. The number of thiocarbonyl (C=S) groups is 2. The molecular weight excluding hydrogens is 941 g/mol. The summed E-state index contributed by atoms with van der Waals surface area (Å²) in [6.07, 6.45) is 25.1. The lowest BCUT2D eigenvalue weighted by Gasteiger charge is -2.26. The van der Waals surface area contributed by atoms with Gasteiger partial charge in [-0.05, 0) is 154 Å². The van der Waals surface area contributed by atoms with Crippen LogP contribution in [0.4, 0.5) is 0 Å². The molecule has 1 aliphatic heterocycles. The van der Waals surface area contributed by atoms with E-state index in [-0.39, 0.29) is 11.8 Å². The average molecular weight is 997 g/mol. The highest BCUT2D eigenvalue weighted by atomic mass is 32.1. The fraction of sp³-hybridized carbons (Fsp3) is 0.385. The Kier molecular flexibility index (Phi) is 12.9. The summed E-state index contributed by atoms with van der Waals surface area (Å²) < 4.78 is 6.95. The van der Waals surface area contributed by atoms with Gasteiger partial charge >= 0.3 is 0 Å². The van der Waals surface area contributed by atoms with Crippen molar-refractivity contribution in [2.75, 3.05) is 14.1 Å². The van der Waals surface area contributed by atoms with Gasteiger partial charge in [-0.25, -0.2) is 18.7 Å². The number of benzene rings is 2. The molecule has 2 atom stereocenters. The number of aryl methyl sites for hydroxylation is 3. The first-order valence-corrected chi connectivity index (χ1v) is 25.6. The summed E-state index contributed by atoms with van der Waals surface area (Å²) in [5.74, 6) is 1.03. The molecule has 18 nitrogen and oxygen atoms in total. The zero-order valence-corrected chi connectivity index (χ0v) is 43.0. The summed E-state index contributed by atoms with van der Waals surface area (Å²) in [5, 5.41) is 56.9. The van der Waals surface area contributed by atoms with Crippen molar-refractivity contribution in [2.45, 2.75) is 117 Å². The number of hydrogen-bond donors (Lipinski definition) is 2. The third-order valence-electron chi connectivity index (χ3n) is 14.9. The molecule has 72 heavy (non-hydrogen) atoms. The van der Waals surface area contributed by atoms with Crippen LogP contribution in [0.15, 0.2) is 105 Å². The summed E-state index contributed by atoms with van der Waals surface area (Å²) in [7, 11) is 3.95. The van der Waals surface area contributed by atoms with Gasteiger partial charge in [0.05, 0.1) is 26.9 Å². The molecule has 0 amide bonds. The fourth-order valence-electron chi connectivity index (χ4n) is 11.8. The van der Waals surface area contributed by atoms with Crippen LogP contribution in [0.5, 0.6) is 0 Å². The Hall–Kier alpha value is -7.32. The van der Waals surface area contributed by atoms with Gasteiger partial charge in [0.25, 0.3) is 0 Å². The molecule has 0 radical (unpaired) electrons. The number of rotatable bonds is 7. The van der Waals surface area contributed by atoms with Gasteiger partial charge in [0.2, 0.25) is 0 Å². The quantitative estimate of drug-likeness (QED) is 0.118. The molecule has 4 aromatic heterocycles. The Morgan fingerprint density at radius 1 is 0.569 bits per heavy atom. The van der Waals surface area contributed by atoms with Crippen LogP contribution in [0.3, 0.4) is 0 Å². The maximum Gasteiger partial charge on any atom is 0.174 e. The minimum Gasteiger partial charge on any atom is -0.391 e. The molecule has 2 unspecified atom stereocenters. The molecule has 0 saturated heterocycles. The second kappa shape index (κ2) is 19.7. The van der Waals surface area contributed by atoms with Crippen molar-refractivity contribution in [3.63, 3.8) is 0 Å². The molecule has 20 heteroatoms. The van der Waals surface area contributed by atoms with Gasteiger partial charge in [-0.15, -0.1) is 35.7 Å². The largest absolute Gasteiger partial charge is 0.391 e. The second-order valence-corrected chi connectivity index (χ2v) is 20.0. The van der Waals surface area contributed by atoms with E-state index in [0.717, 1.165) is 121 Å². The highest BCUT2D eigenvalue weighted by Crippen LogP contribution is 2.51. The van der Waals surface area contributed by atoms with Crippen molar-refractivity contribution >= 4 is 57.4 Å². The van der Waals surface area contributed by atoms with Crippen molar-refractivity contribution in [3.05, 3.63) is 151 Å². The zero-order chi connectivity index (χ0) is 49.6. The Labute approximate surface area is 428 Å². The third-order valence-corrected chi connectivity index (χ3v) is 15.8. The second-order valence-electron chi connectivity index (χ2n) is 19.2. The smallest absolute Gasteiger partial charge is 0.174 e. The molecule has 6 aromatic rings. The summed E-state index contributed by atoms with van der Waals surface area (Å²) in [6, 6.07) is 4.68. The Morgan fingerprint density at radius 2 is 1.03 bits per heavy atom. The number of nitrogens with one attached hydrogen (secondary N) is 2. The van der Waals surface area contributed by atoms with Crippen molar-refractivity contribution in [1.82, 2.24) is 75.5 Å². The number of hydrogen-bond acceptors (Lipinski definition) is 16. The van der Waals surface area contributed by atoms with Gasteiger partial charge in [0.1, 0.15) is 38.0 Å². The van der Waals surface area contributed by atoms with Crippen LogP contribution >= 0.6 is 24.4 Å². The predicted molar refractivity (Wildman–Crippen MR) is 284 cm³/mol. The molecule has 0 spiro atoms. The Morgan fingerprint density at radius 3 is 1.53 bits per heavy atom. The Bertz CT molecular complexity index is 3360. The maximum absolute atomic E-state index is 6.25. The van der Waals surface area contributed by atoms with Crippen LogP contribution < -0.4 is 10.6 Å². The van der Waals surface area contributed by atoms with E-state index in [2.05, 4.69) is 109 Å². The monoisotopic (exact) mass is 996 g/mol. The lowest BCUT2D eigenvalue weighted by atomic mass is 9.79. The molecule has 12 rings (SSSR count). The van der Waals surface area contributed by atoms with Gasteiger partial charge in [0, 0.05) is 77.3 Å². The molecule has 0 fully saturated rings. The molecule has 0 bridgehead atoms. The van der Waals surface area contributed by atoms with E-state index in [9.17, 15) is 0 Å². The SMILES string of the molecule is CN/C(C)=C1\C(=S)c2c(cc(C)c3c2CCC/C3=N\n2cnnc2)C1C1=C/C(=N/n2cnnc2)CCC1.CN/C(C)=C1\C(=S)c2c(cc(C)c3c2CCC/C3=N\n2cnnc2)C1C1=Cc2nnnn2CCC1. The molecule has 366 valence electrons. The topological polar surface area (TPSA) is 197 Å². The van der Waals surface area contributed by atoms with Gasteiger partial charge in [-0.1, -0.05) is 47.7 Å². The van der Waals surface area contributed by atoms with Crippen LogP contribution in [0.2, 0.25) is 0 Å². The summed E-state index contributed by atoms with van der Waals surface area (Å²) >= 11 is 12.5. The number of aromatic nitrogens is 13. The molecular formula is C52H56N18S2.